The maximum absolute atomic E-state index is 6.15. The smallest absolute Gasteiger partial charge is 0.465 e. The number of rotatable bonds is 1. The Balaban J connectivity index is 1.84. The van der Waals surface area contributed by atoms with Crippen LogP contribution in [0, 0.1) is 0 Å². The average Bonchev–Trinajstić information content (AvgIpc) is 3.05. The van der Waals surface area contributed by atoms with Crippen molar-refractivity contribution in [1.29, 1.82) is 0 Å². The zero-order valence-corrected chi connectivity index (χ0v) is 16.8. The van der Waals surface area contributed by atoms with Gasteiger partial charge in [-0.05, 0) is 67.6 Å². The van der Waals surface area contributed by atoms with E-state index in [0.717, 1.165) is 16.6 Å². The third-order valence-electron chi connectivity index (χ3n) is 5.89. The summed E-state index contributed by atoms with van der Waals surface area (Å²) in [5.41, 5.74) is 2.27. The summed E-state index contributed by atoms with van der Waals surface area (Å²) in [4.78, 5) is 0. The highest BCUT2D eigenvalue weighted by atomic mass is 16.7. The highest BCUT2D eigenvalue weighted by molar-refractivity contribution is 6.61. The predicted octanol–water partition coefficient (Wildman–Crippen LogP) is 5.18. The van der Waals surface area contributed by atoms with Gasteiger partial charge < -0.3 is 13.7 Å². The maximum Gasteiger partial charge on any atom is 0.532 e. The Morgan fingerprint density at radius 1 is 0.808 bits per heavy atom. The van der Waals surface area contributed by atoms with Crippen LogP contribution in [0.25, 0.3) is 21.7 Å². The first kappa shape index (κ1) is 17.6. The molecule has 1 aromatic heterocycles. The monoisotopic (exact) mass is 350 g/mol. The van der Waals surface area contributed by atoms with Gasteiger partial charge in [0.05, 0.1) is 11.2 Å². The Labute approximate surface area is 155 Å². The summed E-state index contributed by atoms with van der Waals surface area (Å²) in [6.07, 6.45) is 0. The lowest BCUT2D eigenvalue weighted by Gasteiger charge is -2.32. The molecule has 2 heterocycles. The van der Waals surface area contributed by atoms with Gasteiger partial charge in [-0.3, -0.25) is 0 Å². The fourth-order valence-electron chi connectivity index (χ4n) is 3.40. The summed E-state index contributed by atoms with van der Waals surface area (Å²) < 4.78 is 18.4. The molecule has 1 aliphatic rings. The molecule has 1 aliphatic heterocycles. The van der Waals surface area contributed by atoms with Gasteiger partial charge in [-0.2, -0.15) is 0 Å². The Morgan fingerprint density at radius 2 is 1.42 bits per heavy atom. The predicted molar refractivity (Wildman–Crippen MR) is 108 cm³/mol. The fraction of sp³-hybridized carbons (Fsp3) is 0.455. The van der Waals surface area contributed by atoms with Crippen LogP contribution in [0.1, 0.15) is 54.0 Å². The molecule has 0 aliphatic carbocycles. The molecule has 0 unspecified atom stereocenters. The highest BCUT2D eigenvalue weighted by Gasteiger charge is 2.53. The lowest BCUT2D eigenvalue weighted by molar-refractivity contribution is 0.00578. The molecule has 0 atom stereocenters. The Bertz CT molecular complexity index is 976. The topological polar surface area (TPSA) is 31.6 Å². The first-order valence-electron chi connectivity index (χ1n) is 9.30. The Kier molecular flexibility index (Phi) is 3.64. The molecule has 3 aromatic rings. The second-order valence-electron chi connectivity index (χ2n) is 9.40. The second kappa shape index (κ2) is 5.37. The second-order valence-corrected chi connectivity index (χ2v) is 9.40. The molecule has 0 spiro atoms. The van der Waals surface area contributed by atoms with Gasteiger partial charge in [-0.1, -0.05) is 39.0 Å². The molecule has 0 bridgehead atoms. The summed E-state index contributed by atoms with van der Waals surface area (Å²) >= 11 is 0. The van der Waals surface area contributed by atoms with Crippen molar-refractivity contribution >= 4 is 34.5 Å². The van der Waals surface area contributed by atoms with Crippen LogP contribution < -0.4 is 5.66 Å². The number of hydrogen-bond donors (Lipinski definition) is 0. The van der Waals surface area contributed by atoms with E-state index in [4.69, 9.17) is 13.7 Å². The van der Waals surface area contributed by atoms with E-state index in [0.29, 0.717) is 0 Å². The Morgan fingerprint density at radius 3 is 2.04 bits per heavy atom. The van der Waals surface area contributed by atoms with Crippen LogP contribution in [-0.4, -0.2) is 18.3 Å². The van der Waals surface area contributed by atoms with Crippen LogP contribution >= 0.6 is 0 Å². The summed E-state index contributed by atoms with van der Waals surface area (Å²) in [6.45, 7) is 14.9. The van der Waals surface area contributed by atoms with Gasteiger partial charge in [0.2, 0.25) is 0 Å². The van der Waals surface area contributed by atoms with E-state index in [1.165, 1.54) is 16.3 Å². The van der Waals surface area contributed by atoms with Crippen LogP contribution in [-0.2, 0) is 14.7 Å². The van der Waals surface area contributed by atoms with E-state index in [9.17, 15) is 0 Å². The van der Waals surface area contributed by atoms with Gasteiger partial charge >= 0.3 is 7.12 Å². The minimum absolute atomic E-state index is 0.106. The molecule has 26 heavy (non-hydrogen) atoms. The maximum atomic E-state index is 6.15. The van der Waals surface area contributed by atoms with Crippen molar-refractivity contribution in [3.05, 3.63) is 42.0 Å². The lowest BCUT2D eigenvalue weighted by Crippen LogP contribution is -2.41. The minimum atomic E-state index is -0.478. The SMILES string of the molecule is CC(C)(C)c1ccc2ccc3oc(B4OC(C)(C)C(C)(C)O4)cc3c2c1. The number of hydrogen-bond acceptors (Lipinski definition) is 3. The molecular weight excluding hydrogens is 323 g/mol. The van der Waals surface area contributed by atoms with Crippen LogP contribution in [0.3, 0.4) is 0 Å². The molecule has 0 saturated carbocycles. The van der Waals surface area contributed by atoms with E-state index in [1.54, 1.807) is 0 Å². The van der Waals surface area contributed by atoms with Gasteiger partial charge in [0.25, 0.3) is 0 Å². The molecule has 3 nitrogen and oxygen atoms in total. The van der Waals surface area contributed by atoms with Crippen LogP contribution in [0.4, 0.5) is 0 Å². The van der Waals surface area contributed by atoms with E-state index in [2.05, 4.69) is 78.8 Å². The van der Waals surface area contributed by atoms with Crippen molar-refractivity contribution in [2.75, 3.05) is 0 Å². The lowest BCUT2D eigenvalue weighted by atomic mass is 9.84. The third kappa shape index (κ3) is 2.67. The molecule has 4 heteroatoms. The molecule has 1 fully saturated rings. The summed E-state index contributed by atoms with van der Waals surface area (Å²) in [7, 11) is -0.478. The van der Waals surface area contributed by atoms with Crippen molar-refractivity contribution in [3.63, 3.8) is 0 Å². The van der Waals surface area contributed by atoms with E-state index >= 15 is 0 Å². The molecule has 0 amide bonds. The Hall–Kier alpha value is -1.78. The fourth-order valence-corrected chi connectivity index (χ4v) is 3.40. The molecule has 0 N–H and O–H groups in total. The molecule has 4 rings (SSSR count). The largest absolute Gasteiger partial charge is 0.532 e. The van der Waals surface area contributed by atoms with Crippen molar-refractivity contribution in [2.45, 2.75) is 65.1 Å². The molecule has 2 aromatic carbocycles. The molecule has 1 saturated heterocycles. The number of fused-ring (bicyclic) bond motifs is 3. The van der Waals surface area contributed by atoms with Gasteiger partial charge in [-0.25, -0.2) is 0 Å². The summed E-state index contributed by atoms with van der Waals surface area (Å²) in [6, 6.07) is 12.9. The molecular formula is C22H27BO3. The van der Waals surface area contributed by atoms with Crippen LogP contribution in [0.5, 0.6) is 0 Å². The highest BCUT2D eigenvalue weighted by Crippen LogP contribution is 2.37. The van der Waals surface area contributed by atoms with Crippen molar-refractivity contribution < 1.29 is 13.7 Å². The number of benzene rings is 2. The summed E-state index contributed by atoms with van der Waals surface area (Å²) in [5.74, 6) is 0. The van der Waals surface area contributed by atoms with Gasteiger partial charge in [0, 0.05) is 5.39 Å². The zero-order chi connectivity index (χ0) is 18.9. The summed E-state index contributed by atoms with van der Waals surface area (Å²) in [5, 5.41) is 3.53. The van der Waals surface area contributed by atoms with Gasteiger partial charge in [0.15, 0.2) is 0 Å². The van der Waals surface area contributed by atoms with Gasteiger partial charge in [0.1, 0.15) is 11.2 Å². The van der Waals surface area contributed by atoms with E-state index in [-0.39, 0.29) is 16.6 Å². The quantitative estimate of drug-likeness (QED) is 0.567. The number of furan rings is 1. The molecule has 0 radical (unpaired) electrons. The first-order valence-corrected chi connectivity index (χ1v) is 9.30. The zero-order valence-electron chi connectivity index (χ0n) is 16.8. The standard InChI is InChI=1S/C22H27BO3/c1-20(2,3)15-10-8-14-9-11-18-17(16(14)12-15)13-19(24-18)23-25-21(4,5)22(6,7)26-23/h8-13H,1-7H3. The van der Waals surface area contributed by atoms with Crippen LogP contribution in [0.15, 0.2) is 40.8 Å². The van der Waals surface area contributed by atoms with Crippen molar-refractivity contribution in [1.82, 2.24) is 0 Å². The minimum Gasteiger partial charge on any atom is -0.465 e. The normalized spacial score (nSPS) is 19.6. The van der Waals surface area contributed by atoms with E-state index in [1.807, 2.05) is 6.07 Å². The van der Waals surface area contributed by atoms with E-state index < -0.39 is 7.12 Å². The van der Waals surface area contributed by atoms with Crippen molar-refractivity contribution in [3.8, 4) is 0 Å². The molecule has 136 valence electrons. The van der Waals surface area contributed by atoms with Gasteiger partial charge in [-0.15, -0.1) is 0 Å². The van der Waals surface area contributed by atoms with Crippen molar-refractivity contribution in [2.24, 2.45) is 0 Å². The first-order chi connectivity index (χ1) is 12.0. The average molecular weight is 350 g/mol. The van der Waals surface area contributed by atoms with Crippen LogP contribution in [0.2, 0.25) is 0 Å². The third-order valence-corrected chi connectivity index (χ3v) is 5.89.